The van der Waals surface area contributed by atoms with Crippen LogP contribution in [0, 0.1) is 0 Å². The summed E-state index contributed by atoms with van der Waals surface area (Å²) in [6, 6.07) is 3.27. The molecule has 6 N–H and O–H groups in total. The molecule has 0 radical (unpaired) electrons. The predicted molar refractivity (Wildman–Crippen MR) is 131 cm³/mol. The van der Waals surface area contributed by atoms with Gasteiger partial charge in [-0.1, -0.05) is 31.5 Å². The van der Waals surface area contributed by atoms with Gasteiger partial charge in [-0.3, -0.25) is 9.59 Å². The highest BCUT2D eigenvalue weighted by atomic mass is 35.5. The summed E-state index contributed by atoms with van der Waals surface area (Å²) in [7, 11) is 0. The minimum Gasteiger partial charge on any atom is -0.398 e. The van der Waals surface area contributed by atoms with E-state index >= 15 is 0 Å². The van der Waals surface area contributed by atoms with Gasteiger partial charge in [-0.05, 0) is 63.2 Å². The number of likely N-dealkylation sites (N-methyl/N-ethyl adjacent to an activating group) is 1. The van der Waals surface area contributed by atoms with E-state index in [1.165, 1.54) is 0 Å². The lowest BCUT2D eigenvalue weighted by Gasteiger charge is -2.18. The summed E-state index contributed by atoms with van der Waals surface area (Å²) in [6.45, 7) is 12.9. The molecule has 0 heterocycles. The number of nitrogen functional groups attached to an aromatic ring is 1. The zero-order valence-electron chi connectivity index (χ0n) is 19.0. The van der Waals surface area contributed by atoms with E-state index in [1.54, 1.807) is 38.1 Å². The number of anilines is 2. The summed E-state index contributed by atoms with van der Waals surface area (Å²) in [6.07, 6.45) is 4.07. The number of carbonyl (C=O) groups is 2. The normalized spacial score (nSPS) is 13.1. The molecule has 31 heavy (non-hydrogen) atoms. The van der Waals surface area contributed by atoms with E-state index in [4.69, 9.17) is 23.1 Å². The van der Waals surface area contributed by atoms with Crippen molar-refractivity contribution in [2.75, 3.05) is 37.2 Å². The molecule has 0 aliphatic carbocycles. The Hall–Kier alpha value is -2.77. The molecule has 0 saturated heterocycles. The number of nitrogens with two attached hydrogens (primary N) is 2. The molecule has 1 rings (SSSR count). The average Bonchev–Trinajstić information content (AvgIpc) is 2.74. The maximum absolute atomic E-state index is 12.7. The van der Waals surface area contributed by atoms with Crippen molar-refractivity contribution in [1.82, 2.24) is 10.2 Å². The molecule has 1 aromatic rings. The number of rotatable bonds is 11. The summed E-state index contributed by atoms with van der Waals surface area (Å²) in [5.41, 5.74) is 16.2. The number of nitrogens with zero attached hydrogens (tertiary/aromatic N) is 1. The Morgan fingerprint density at radius 3 is 2.42 bits per heavy atom. The van der Waals surface area contributed by atoms with Crippen LogP contribution in [0.5, 0.6) is 0 Å². The van der Waals surface area contributed by atoms with Gasteiger partial charge in [0.2, 0.25) is 6.41 Å². The van der Waals surface area contributed by atoms with Crippen LogP contribution in [0.15, 0.2) is 41.1 Å². The molecule has 7 nitrogen and oxygen atoms in total. The summed E-state index contributed by atoms with van der Waals surface area (Å²) >= 11 is 6.07. The number of carbonyl (C=O) groups excluding carboxylic acids is 2. The fourth-order valence-corrected chi connectivity index (χ4v) is 3.32. The molecule has 0 bridgehead atoms. The summed E-state index contributed by atoms with van der Waals surface area (Å²) in [5.74, 6) is -0.166. The van der Waals surface area contributed by atoms with E-state index in [1.807, 2.05) is 6.92 Å². The van der Waals surface area contributed by atoms with Crippen LogP contribution in [0.25, 0.3) is 5.57 Å². The highest BCUT2D eigenvalue weighted by molar-refractivity contribution is 6.33. The molecule has 0 atom stereocenters. The van der Waals surface area contributed by atoms with Crippen LogP contribution in [0.4, 0.5) is 11.4 Å². The first-order valence-corrected chi connectivity index (χ1v) is 10.7. The first-order chi connectivity index (χ1) is 14.7. The Morgan fingerprint density at radius 2 is 1.87 bits per heavy atom. The SMILES string of the molecule is C/C=C(C(=O)NCCN(CC)CC)/C(C)=C(N)/C=C(\C)c1cc(N)c(Cl)cc1NC=O. The largest absolute Gasteiger partial charge is 0.398 e. The fraction of sp³-hybridized carbons (Fsp3) is 0.391. The van der Waals surface area contributed by atoms with Crippen molar-refractivity contribution in [1.29, 1.82) is 0 Å². The van der Waals surface area contributed by atoms with Gasteiger partial charge in [0.05, 0.1) is 10.7 Å². The van der Waals surface area contributed by atoms with Crippen molar-refractivity contribution >= 4 is 40.9 Å². The Kier molecular flexibility index (Phi) is 10.9. The number of hydrogen-bond donors (Lipinski definition) is 4. The molecule has 2 amide bonds. The second kappa shape index (κ2) is 12.8. The topological polar surface area (TPSA) is 113 Å². The monoisotopic (exact) mass is 447 g/mol. The minimum atomic E-state index is -0.166. The summed E-state index contributed by atoms with van der Waals surface area (Å²) in [4.78, 5) is 25.9. The predicted octanol–water partition coefficient (Wildman–Crippen LogP) is 3.53. The molecule has 0 aliphatic heterocycles. The molecule has 0 saturated carbocycles. The van der Waals surface area contributed by atoms with Crippen LogP contribution in [0.2, 0.25) is 5.02 Å². The Bertz CT molecular complexity index is 886. The Labute approximate surface area is 190 Å². The van der Waals surface area contributed by atoms with E-state index in [2.05, 4.69) is 29.4 Å². The standard InChI is InChI=1S/C23H34ClN5O2/c1-6-17(23(31)27-9-10-29(7-2)8-3)16(5)20(25)11-15(4)18-12-21(26)19(24)13-22(18)28-14-30/h6,11-14H,7-10,25-26H2,1-5H3,(H,27,31)(H,28,30)/b15-11+,17-6-,20-16-. The van der Waals surface area contributed by atoms with Crippen molar-refractivity contribution in [2.24, 2.45) is 5.73 Å². The van der Waals surface area contributed by atoms with Crippen molar-refractivity contribution in [3.63, 3.8) is 0 Å². The molecule has 0 aromatic heterocycles. The lowest BCUT2D eigenvalue weighted by Crippen LogP contribution is -2.35. The van der Waals surface area contributed by atoms with Gasteiger partial charge in [0.1, 0.15) is 0 Å². The van der Waals surface area contributed by atoms with Crippen LogP contribution in [0.3, 0.4) is 0 Å². The third kappa shape index (κ3) is 7.45. The molecule has 8 heteroatoms. The van der Waals surface area contributed by atoms with E-state index in [0.717, 1.165) is 25.2 Å². The zero-order chi connectivity index (χ0) is 23.6. The van der Waals surface area contributed by atoms with Crippen LogP contribution >= 0.6 is 11.6 Å². The van der Waals surface area contributed by atoms with Crippen LogP contribution < -0.4 is 22.1 Å². The van der Waals surface area contributed by atoms with Gasteiger partial charge >= 0.3 is 0 Å². The number of halogens is 1. The molecular weight excluding hydrogens is 414 g/mol. The minimum absolute atomic E-state index is 0.166. The van der Waals surface area contributed by atoms with Gasteiger partial charge < -0.3 is 27.0 Å². The fourth-order valence-electron chi connectivity index (χ4n) is 3.15. The van der Waals surface area contributed by atoms with Gasteiger partial charge in [-0.2, -0.15) is 0 Å². The number of hydrogen-bond acceptors (Lipinski definition) is 5. The van der Waals surface area contributed by atoms with Gasteiger partial charge in [-0.25, -0.2) is 0 Å². The Morgan fingerprint density at radius 1 is 1.23 bits per heavy atom. The highest BCUT2D eigenvalue weighted by Gasteiger charge is 2.14. The molecule has 170 valence electrons. The van der Waals surface area contributed by atoms with E-state index in [9.17, 15) is 9.59 Å². The third-order valence-electron chi connectivity index (χ3n) is 5.13. The third-order valence-corrected chi connectivity index (χ3v) is 5.45. The quantitative estimate of drug-likeness (QED) is 0.179. The van der Waals surface area contributed by atoms with Crippen molar-refractivity contribution in [3.05, 3.63) is 51.7 Å². The lowest BCUT2D eigenvalue weighted by atomic mass is 9.99. The number of allylic oxidation sites excluding steroid dienone is 3. The molecule has 0 unspecified atom stereocenters. The van der Waals surface area contributed by atoms with Gasteiger partial charge in [0, 0.05) is 35.6 Å². The van der Waals surface area contributed by atoms with Gasteiger partial charge in [0.25, 0.3) is 5.91 Å². The first-order valence-electron chi connectivity index (χ1n) is 10.3. The van der Waals surface area contributed by atoms with Crippen LogP contribution in [0.1, 0.15) is 40.2 Å². The van der Waals surface area contributed by atoms with E-state index < -0.39 is 0 Å². The van der Waals surface area contributed by atoms with Gasteiger partial charge in [-0.15, -0.1) is 0 Å². The molecule has 0 aliphatic rings. The smallest absolute Gasteiger partial charge is 0.251 e. The van der Waals surface area contributed by atoms with Crippen molar-refractivity contribution in [2.45, 2.75) is 34.6 Å². The number of amides is 2. The molecule has 0 fully saturated rings. The zero-order valence-corrected chi connectivity index (χ0v) is 19.8. The summed E-state index contributed by atoms with van der Waals surface area (Å²) < 4.78 is 0. The maximum Gasteiger partial charge on any atom is 0.251 e. The van der Waals surface area contributed by atoms with Crippen molar-refractivity contribution < 1.29 is 9.59 Å². The number of nitrogens with one attached hydrogen (secondary N) is 2. The lowest BCUT2D eigenvalue weighted by molar-refractivity contribution is -0.117. The average molecular weight is 448 g/mol. The van der Waals surface area contributed by atoms with Crippen LogP contribution in [-0.4, -0.2) is 43.4 Å². The van der Waals surface area contributed by atoms with E-state index in [-0.39, 0.29) is 5.91 Å². The second-order valence-corrected chi connectivity index (χ2v) is 7.48. The van der Waals surface area contributed by atoms with E-state index in [0.29, 0.717) is 51.8 Å². The van der Waals surface area contributed by atoms with Crippen molar-refractivity contribution in [3.8, 4) is 0 Å². The maximum atomic E-state index is 12.7. The first kappa shape index (κ1) is 26.3. The second-order valence-electron chi connectivity index (χ2n) is 7.07. The van der Waals surface area contributed by atoms with Crippen LogP contribution in [-0.2, 0) is 9.59 Å². The Balaban J connectivity index is 3.12. The number of benzene rings is 1. The summed E-state index contributed by atoms with van der Waals surface area (Å²) in [5, 5.41) is 5.92. The highest BCUT2D eigenvalue weighted by Crippen LogP contribution is 2.32. The van der Waals surface area contributed by atoms with Gasteiger partial charge in [0.15, 0.2) is 0 Å². The molecule has 0 spiro atoms. The molecule has 1 aromatic carbocycles. The molecular formula is C23H34ClN5O2.